The Labute approximate surface area is 108 Å². The van der Waals surface area contributed by atoms with E-state index in [4.69, 9.17) is 11.6 Å². The van der Waals surface area contributed by atoms with E-state index in [0.717, 1.165) is 9.88 Å². The third-order valence-corrected chi connectivity index (χ3v) is 3.44. The number of hydrogen-bond donors (Lipinski definition) is 1. The van der Waals surface area contributed by atoms with Crippen molar-refractivity contribution in [2.45, 2.75) is 20.0 Å². The van der Waals surface area contributed by atoms with Crippen molar-refractivity contribution in [3.05, 3.63) is 50.7 Å². The minimum Gasteiger partial charge on any atom is -0.308 e. The number of nitrogens with zero attached hydrogens (tertiary/aromatic N) is 1. The molecule has 0 fully saturated rings. The topological polar surface area (TPSA) is 24.9 Å². The lowest BCUT2D eigenvalue weighted by Gasteiger charge is -2.05. The molecule has 90 valence electrons. The smallest absolute Gasteiger partial charge is 0.127 e. The molecule has 1 aromatic carbocycles. The Bertz CT molecular complexity index is 513. The first-order chi connectivity index (χ1) is 8.15. The highest BCUT2D eigenvalue weighted by Gasteiger charge is 2.03. The molecule has 0 aliphatic heterocycles. The van der Waals surface area contributed by atoms with Gasteiger partial charge in [0.05, 0.1) is 5.01 Å². The molecule has 0 radical (unpaired) electrons. The highest BCUT2D eigenvalue weighted by Crippen LogP contribution is 2.15. The van der Waals surface area contributed by atoms with Crippen LogP contribution in [0.15, 0.2) is 24.4 Å². The Morgan fingerprint density at radius 2 is 2.24 bits per heavy atom. The van der Waals surface area contributed by atoms with Crippen molar-refractivity contribution in [3.63, 3.8) is 0 Å². The largest absolute Gasteiger partial charge is 0.308 e. The number of halogens is 2. The van der Waals surface area contributed by atoms with Crippen LogP contribution in [0.2, 0.25) is 5.02 Å². The van der Waals surface area contributed by atoms with E-state index in [1.54, 1.807) is 23.5 Å². The number of thiazole rings is 1. The van der Waals surface area contributed by atoms with E-state index in [1.165, 1.54) is 6.07 Å². The fourth-order valence-electron chi connectivity index (χ4n) is 1.49. The highest BCUT2D eigenvalue weighted by atomic mass is 35.5. The number of benzene rings is 1. The minimum atomic E-state index is -0.234. The van der Waals surface area contributed by atoms with Crippen molar-refractivity contribution in [1.29, 1.82) is 0 Å². The van der Waals surface area contributed by atoms with Crippen molar-refractivity contribution < 1.29 is 4.39 Å². The second-order valence-corrected chi connectivity index (χ2v) is 5.44. The molecular weight excluding hydrogens is 259 g/mol. The van der Waals surface area contributed by atoms with Crippen LogP contribution in [0, 0.1) is 12.7 Å². The Balaban J connectivity index is 1.91. The van der Waals surface area contributed by atoms with Crippen molar-refractivity contribution in [1.82, 2.24) is 10.3 Å². The predicted octanol–water partition coefficient (Wildman–Crippen LogP) is 3.53. The molecule has 2 aromatic rings. The van der Waals surface area contributed by atoms with Gasteiger partial charge in [-0.2, -0.15) is 0 Å². The van der Waals surface area contributed by atoms with Crippen LogP contribution in [-0.2, 0) is 13.1 Å². The molecule has 17 heavy (non-hydrogen) atoms. The first-order valence-corrected chi connectivity index (χ1v) is 6.40. The average Bonchev–Trinajstić information content (AvgIpc) is 2.69. The zero-order valence-corrected chi connectivity index (χ0v) is 10.9. The van der Waals surface area contributed by atoms with Gasteiger partial charge in [0, 0.05) is 34.7 Å². The molecule has 1 aromatic heterocycles. The number of aryl methyl sites for hydroxylation is 1. The normalized spacial score (nSPS) is 10.8. The molecule has 2 rings (SSSR count). The number of nitrogens with one attached hydrogen (secondary N) is 1. The van der Waals surface area contributed by atoms with Gasteiger partial charge in [-0.05, 0) is 25.1 Å². The number of hydrogen-bond acceptors (Lipinski definition) is 3. The zero-order chi connectivity index (χ0) is 12.3. The molecule has 5 heteroatoms. The third-order valence-electron chi connectivity index (χ3n) is 2.29. The summed E-state index contributed by atoms with van der Waals surface area (Å²) in [6.07, 6.45) is 1.83. The summed E-state index contributed by atoms with van der Waals surface area (Å²) in [5.41, 5.74) is 0.582. The summed E-state index contributed by atoms with van der Waals surface area (Å²) >= 11 is 7.45. The Morgan fingerprint density at radius 1 is 1.41 bits per heavy atom. The summed E-state index contributed by atoms with van der Waals surface area (Å²) in [6.45, 7) is 3.12. The van der Waals surface area contributed by atoms with Gasteiger partial charge in [-0.15, -0.1) is 11.3 Å². The molecular formula is C12H12ClFN2S. The van der Waals surface area contributed by atoms with Crippen LogP contribution in [0.25, 0.3) is 0 Å². The van der Waals surface area contributed by atoms with Gasteiger partial charge < -0.3 is 5.32 Å². The molecule has 1 heterocycles. The first-order valence-electron chi connectivity index (χ1n) is 5.21. The monoisotopic (exact) mass is 270 g/mol. The van der Waals surface area contributed by atoms with Gasteiger partial charge in [0.2, 0.25) is 0 Å². The van der Waals surface area contributed by atoms with E-state index in [9.17, 15) is 4.39 Å². The molecule has 0 saturated carbocycles. The van der Waals surface area contributed by atoms with Gasteiger partial charge in [-0.3, -0.25) is 0 Å². The van der Waals surface area contributed by atoms with Gasteiger partial charge in [-0.1, -0.05) is 11.6 Å². The second kappa shape index (κ2) is 5.58. The number of rotatable bonds is 4. The molecule has 0 bridgehead atoms. The van der Waals surface area contributed by atoms with Crippen molar-refractivity contribution in [2.75, 3.05) is 0 Å². The summed E-state index contributed by atoms with van der Waals surface area (Å²) in [5, 5.41) is 4.76. The van der Waals surface area contributed by atoms with E-state index < -0.39 is 0 Å². The Morgan fingerprint density at radius 3 is 2.94 bits per heavy atom. The van der Waals surface area contributed by atoms with E-state index in [2.05, 4.69) is 10.3 Å². The summed E-state index contributed by atoms with van der Waals surface area (Å²) in [6, 6.07) is 4.57. The maximum atomic E-state index is 13.4. The Hall–Kier alpha value is -0.970. The van der Waals surface area contributed by atoms with Gasteiger partial charge in [0.15, 0.2) is 0 Å². The maximum absolute atomic E-state index is 13.4. The molecule has 1 N–H and O–H groups in total. The van der Waals surface area contributed by atoms with Gasteiger partial charge in [0.25, 0.3) is 0 Å². The fraction of sp³-hybridized carbons (Fsp3) is 0.250. The van der Waals surface area contributed by atoms with E-state index in [1.807, 2.05) is 13.1 Å². The quantitative estimate of drug-likeness (QED) is 0.919. The van der Waals surface area contributed by atoms with Crippen LogP contribution in [0.4, 0.5) is 4.39 Å². The lowest BCUT2D eigenvalue weighted by Crippen LogP contribution is -2.12. The van der Waals surface area contributed by atoms with Crippen LogP contribution in [0.5, 0.6) is 0 Å². The number of aromatic nitrogens is 1. The lowest BCUT2D eigenvalue weighted by molar-refractivity contribution is 0.589. The van der Waals surface area contributed by atoms with Crippen molar-refractivity contribution in [2.24, 2.45) is 0 Å². The molecule has 0 aliphatic rings. The van der Waals surface area contributed by atoms with Crippen LogP contribution in [0.3, 0.4) is 0 Å². The van der Waals surface area contributed by atoms with Crippen LogP contribution >= 0.6 is 22.9 Å². The highest BCUT2D eigenvalue weighted by molar-refractivity contribution is 7.11. The average molecular weight is 271 g/mol. The fourth-order valence-corrected chi connectivity index (χ4v) is 2.45. The van der Waals surface area contributed by atoms with Crippen LogP contribution in [-0.4, -0.2) is 4.98 Å². The molecule has 0 aliphatic carbocycles. The van der Waals surface area contributed by atoms with Crippen LogP contribution in [0.1, 0.15) is 15.4 Å². The standard InChI is InChI=1S/C12H12ClFN2S/c1-8-16-7-11(17-8)6-15-5-9-4-10(13)2-3-12(9)14/h2-4,7,15H,5-6H2,1H3. The van der Waals surface area contributed by atoms with E-state index in [-0.39, 0.29) is 5.82 Å². The maximum Gasteiger partial charge on any atom is 0.127 e. The van der Waals surface area contributed by atoms with Crippen molar-refractivity contribution >= 4 is 22.9 Å². The predicted molar refractivity (Wildman–Crippen MR) is 68.8 cm³/mol. The summed E-state index contributed by atoms with van der Waals surface area (Å²) < 4.78 is 13.4. The molecule has 0 atom stereocenters. The summed E-state index contributed by atoms with van der Waals surface area (Å²) in [7, 11) is 0. The zero-order valence-electron chi connectivity index (χ0n) is 9.34. The molecule has 2 nitrogen and oxygen atoms in total. The lowest BCUT2D eigenvalue weighted by atomic mass is 10.2. The second-order valence-electron chi connectivity index (χ2n) is 3.68. The molecule has 0 saturated heterocycles. The van der Waals surface area contributed by atoms with Gasteiger partial charge in [0.1, 0.15) is 5.82 Å². The van der Waals surface area contributed by atoms with Gasteiger partial charge >= 0.3 is 0 Å². The summed E-state index contributed by atoms with van der Waals surface area (Å²) in [4.78, 5) is 5.30. The SMILES string of the molecule is Cc1ncc(CNCc2cc(Cl)ccc2F)s1. The molecule has 0 amide bonds. The third kappa shape index (κ3) is 3.49. The van der Waals surface area contributed by atoms with Crippen molar-refractivity contribution in [3.8, 4) is 0 Å². The van der Waals surface area contributed by atoms with E-state index >= 15 is 0 Å². The molecule has 0 spiro atoms. The van der Waals surface area contributed by atoms with E-state index in [0.29, 0.717) is 23.7 Å². The Kier molecular flexibility index (Phi) is 4.10. The molecule has 0 unspecified atom stereocenters. The minimum absolute atomic E-state index is 0.234. The van der Waals surface area contributed by atoms with Gasteiger partial charge in [-0.25, -0.2) is 9.37 Å². The summed E-state index contributed by atoms with van der Waals surface area (Å²) in [5.74, 6) is -0.234. The first kappa shape index (κ1) is 12.5. The van der Waals surface area contributed by atoms with Crippen LogP contribution < -0.4 is 5.32 Å².